The van der Waals surface area contributed by atoms with E-state index < -0.39 is 22.7 Å². The van der Waals surface area contributed by atoms with Crippen LogP contribution in [0.5, 0.6) is 0 Å². The molecule has 346 valence electrons. The van der Waals surface area contributed by atoms with Gasteiger partial charge in [0.2, 0.25) is 5.91 Å². The molecule has 0 radical (unpaired) electrons. The fourth-order valence-corrected chi connectivity index (χ4v) is 9.12. The van der Waals surface area contributed by atoms with Crippen molar-refractivity contribution in [2.45, 2.75) is 124 Å². The molecule has 0 saturated heterocycles. The third kappa shape index (κ3) is 13.9. The molecule has 12 heteroatoms. The van der Waals surface area contributed by atoms with Gasteiger partial charge in [-0.1, -0.05) is 121 Å². The summed E-state index contributed by atoms with van der Waals surface area (Å²) in [5, 5.41) is 11.0. The summed E-state index contributed by atoms with van der Waals surface area (Å²) in [5.41, 5.74) is 10.5. The fourth-order valence-electron chi connectivity index (χ4n) is 8.31. The number of fused-ring (bicyclic) bond motifs is 2. The van der Waals surface area contributed by atoms with Crippen LogP contribution < -0.4 is 4.72 Å². The predicted molar refractivity (Wildman–Crippen MR) is 263 cm³/mol. The summed E-state index contributed by atoms with van der Waals surface area (Å²) >= 11 is 0. The van der Waals surface area contributed by atoms with Gasteiger partial charge in [-0.2, -0.15) is 10.2 Å². The molecule has 0 aliphatic heterocycles. The fraction of sp³-hybridized carbons (Fsp3) is 0.352. The molecule has 11 nitrogen and oxygen atoms in total. The molecule has 1 N–H and O–H groups in total. The van der Waals surface area contributed by atoms with Crippen molar-refractivity contribution in [2.24, 2.45) is 0 Å². The maximum absolute atomic E-state index is 12.5. The average Bonchev–Trinajstić information content (AvgIpc) is 3.86. The van der Waals surface area contributed by atoms with Gasteiger partial charge in [0.05, 0.1) is 24.8 Å². The second kappa shape index (κ2) is 23.8. The van der Waals surface area contributed by atoms with E-state index >= 15 is 0 Å². The summed E-state index contributed by atoms with van der Waals surface area (Å²) in [7, 11) is -1.26. The zero-order valence-corrected chi connectivity index (χ0v) is 40.0. The molecule has 2 amide bonds. The molecular weight excluding hydrogens is 845 g/mol. The molecule has 2 heterocycles. The molecule has 4 aromatic carbocycles. The Kier molecular flexibility index (Phi) is 17.7. The summed E-state index contributed by atoms with van der Waals surface area (Å²) in [5.74, 6) is -0.328. The maximum atomic E-state index is 12.5. The van der Waals surface area contributed by atoms with E-state index in [-0.39, 0.29) is 18.0 Å². The SMILES string of the molecule is CC(=O)N(C(=O)OC(C)(C)C)[C@H](C)c1ccccc1.C[C@@H](NS(=O)/C=C/c1nn(Cc2ccccc2)c2c1CCCC2)c1ccccc1.O=Cc1nn(Cc2ccccc2)c2c1CCCC2. The van der Waals surface area contributed by atoms with Gasteiger partial charge >= 0.3 is 6.09 Å². The molecule has 8 rings (SSSR count). The maximum Gasteiger partial charge on any atom is 0.417 e. The van der Waals surface area contributed by atoms with E-state index in [2.05, 4.69) is 50.9 Å². The lowest BCUT2D eigenvalue weighted by molar-refractivity contribution is -0.130. The minimum Gasteiger partial charge on any atom is -0.443 e. The molecule has 1 unspecified atom stereocenters. The third-order valence-corrected chi connectivity index (χ3v) is 12.5. The number of aromatic nitrogens is 4. The van der Waals surface area contributed by atoms with E-state index in [4.69, 9.17) is 9.84 Å². The molecule has 6 aromatic rings. The highest BCUT2D eigenvalue weighted by Gasteiger charge is 2.30. The van der Waals surface area contributed by atoms with Crippen LogP contribution in [0.2, 0.25) is 0 Å². The van der Waals surface area contributed by atoms with E-state index in [9.17, 15) is 18.6 Å². The Morgan fingerprint density at radius 1 is 0.697 bits per heavy atom. The third-order valence-electron chi connectivity index (χ3n) is 11.6. The van der Waals surface area contributed by atoms with Gasteiger partial charge in [-0.25, -0.2) is 18.6 Å². The quantitative estimate of drug-likeness (QED) is 0.121. The van der Waals surface area contributed by atoms with Crippen LogP contribution in [0.1, 0.15) is 140 Å². The molecule has 0 saturated carbocycles. The second-order valence-electron chi connectivity index (χ2n) is 17.7. The Labute approximate surface area is 392 Å². The first-order valence-electron chi connectivity index (χ1n) is 23.0. The van der Waals surface area contributed by atoms with Gasteiger partial charge in [-0.3, -0.25) is 19.0 Å². The van der Waals surface area contributed by atoms with Crippen LogP contribution in [0.15, 0.2) is 127 Å². The summed E-state index contributed by atoms with van der Waals surface area (Å²) in [6.45, 7) is 12.1. The summed E-state index contributed by atoms with van der Waals surface area (Å²) in [4.78, 5) is 36.0. The Bertz CT molecular complexity index is 2550. The van der Waals surface area contributed by atoms with Gasteiger partial charge in [0.1, 0.15) is 22.3 Å². The van der Waals surface area contributed by atoms with Crippen molar-refractivity contribution in [3.8, 4) is 0 Å². The van der Waals surface area contributed by atoms with E-state index in [1.54, 1.807) is 33.1 Å². The zero-order chi connectivity index (χ0) is 47.1. The number of rotatable bonds is 12. The van der Waals surface area contributed by atoms with Crippen LogP contribution in [0.25, 0.3) is 6.08 Å². The highest BCUT2D eigenvalue weighted by molar-refractivity contribution is 7.86. The van der Waals surface area contributed by atoms with Crippen LogP contribution in [0.4, 0.5) is 4.79 Å². The molecule has 66 heavy (non-hydrogen) atoms. The lowest BCUT2D eigenvalue weighted by atomic mass is 9.95. The first kappa shape index (κ1) is 49.2. The predicted octanol–water partition coefficient (Wildman–Crippen LogP) is 10.9. The molecule has 2 aliphatic carbocycles. The number of ether oxygens (including phenoxy) is 1. The van der Waals surface area contributed by atoms with Crippen molar-refractivity contribution in [1.82, 2.24) is 29.2 Å². The van der Waals surface area contributed by atoms with Gasteiger partial charge in [0.25, 0.3) is 0 Å². The number of benzene rings is 4. The molecule has 0 bridgehead atoms. The zero-order valence-electron chi connectivity index (χ0n) is 39.2. The Balaban J connectivity index is 0.000000171. The van der Waals surface area contributed by atoms with Crippen molar-refractivity contribution in [3.05, 3.63) is 183 Å². The first-order chi connectivity index (χ1) is 31.8. The number of carbonyl (C=O) groups is 3. The number of nitrogens with zero attached hydrogens (tertiary/aromatic N) is 5. The van der Waals surface area contributed by atoms with Gasteiger partial charge in [-0.05, 0) is 114 Å². The van der Waals surface area contributed by atoms with Crippen LogP contribution in [0, 0.1) is 0 Å². The largest absolute Gasteiger partial charge is 0.443 e. The minimum absolute atomic E-state index is 0.0197. The number of amides is 2. The van der Waals surface area contributed by atoms with Crippen molar-refractivity contribution in [2.75, 3.05) is 0 Å². The number of carbonyl (C=O) groups excluding carboxylic acids is 3. The van der Waals surface area contributed by atoms with Crippen LogP contribution in [-0.4, -0.2) is 52.6 Å². The van der Waals surface area contributed by atoms with Gasteiger partial charge < -0.3 is 4.74 Å². The number of aldehydes is 1. The second-order valence-corrected chi connectivity index (χ2v) is 18.8. The first-order valence-corrected chi connectivity index (χ1v) is 24.2. The summed E-state index contributed by atoms with van der Waals surface area (Å²) in [6, 6.07) is 39.8. The van der Waals surface area contributed by atoms with Crippen LogP contribution in [-0.2, 0) is 59.3 Å². The standard InChI is InChI=1S/C24H27N3OS.C15H16N2O.C15H21NO3/c1-19(21-12-6-3-7-13-21)26-29(28)17-16-23-22-14-8-9-15-24(22)27(25-23)18-20-10-4-2-5-11-20;18-11-14-13-8-4-5-9-15(13)17(16-14)10-12-6-2-1-3-7-12;1-11(13-9-7-6-8-10-13)16(12(2)17)14(18)19-15(3,4)5/h2-7,10-13,16-17,19,26H,8-9,14-15,18H2,1H3;1-3,6-7,11H,4-5,8-10H2;6-11H,1-5H3/b17-16+;;/t19-,29?;;11-/m1.1/s1. The van der Waals surface area contributed by atoms with Crippen molar-refractivity contribution in [3.63, 3.8) is 0 Å². The van der Waals surface area contributed by atoms with Gasteiger partial charge in [-0.15, -0.1) is 0 Å². The lowest BCUT2D eigenvalue weighted by Gasteiger charge is -2.29. The van der Waals surface area contributed by atoms with E-state index in [1.165, 1.54) is 66.2 Å². The van der Waals surface area contributed by atoms with Crippen LogP contribution in [0.3, 0.4) is 0 Å². The number of imide groups is 1. The average molecular weight is 909 g/mol. The van der Waals surface area contributed by atoms with Gasteiger partial charge in [0.15, 0.2) is 6.29 Å². The number of nitrogens with one attached hydrogen (secondary N) is 1. The van der Waals surface area contributed by atoms with Gasteiger partial charge in [0, 0.05) is 40.9 Å². The van der Waals surface area contributed by atoms with E-state index in [0.717, 1.165) is 66.8 Å². The topological polar surface area (TPSA) is 128 Å². The number of hydrogen-bond acceptors (Lipinski definition) is 7. The van der Waals surface area contributed by atoms with Crippen molar-refractivity contribution in [1.29, 1.82) is 0 Å². The molecule has 2 aliphatic rings. The Hall–Kier alpha value is -6.24. The monoisotopic (exact) mass is 908 g/mol. The smallest absolute Gasteiger partial charge is 0.417 e. The lowest BCUT2D eigenvalue weighted by Crippen LogP contribution is -2.41. The summed E-state index contributed by atoms with van der Waals surface area (Å²) in [6.07, 6.45) is 11.1. The summed E-state index contributed by atoms with van der Waals surface area (Å²) < 4.78 is 25.1. The van der Waals surface area contributed by atoms with E-state index in [1.807, 2.05) is 103 Å². The Morgan fingerprint density at radius 3 is 1.61 bits per heavy atom. The highest BCUT2D eigenvalue weighted by atomic mass is 32.2. The Morgan fingerprint density at radius 2 is 1.14 bits per heavy atom. The highest BCUT2D eigenvalue weighted by Crippen LogP contribution is 2.28. The molecule has 2 aromatic heterocycles. The normalized spacial score (nSPS) is 14.5. The van der Waals surface area contributed by atoms with Crippen molar-refractivity contribution < 1.29 is 23.3 Å². The molecule has 0 fully saturated rings. The minimum atomic E-state index is -1.26. The number of hydrogen-bond donors (Lipinski definition) is 1. The van der Waals surface area contributed by atoms with Crippen LogP contribution >= 0.6 is 0 Å². The van der Waals surface area contributed by atoms with E-state index in [0.29, 0.717) is 5.69 Å². The van der Waals surface area contributed by atoms with Crippen molar-refractivity contribution >= 4 is 35.3 Å². The molecular formula is C54H64N6O5S. The molecule has 0 spiro atoms. The molecule has 3 atom stereocenters.